The van der Waals surface area contributed by atoms with Gasteiger partial charge in [0, 0.05) is 5.69 Å². The number of benzene rings is 2. The van der Waals surface area contributed by atoms with Crippen molar-refractivity contribution in [1.29, 1.82) is 0 Å². The molecule has 5 nitrogen and oxygen atoms in total. The third-order valence-corrected chi connectivity index (χ3v) is 3.91. The van der Waals surface area contributed by atoms with Gasteiger partial charge in [-0.2, -0.15) is 0 Å². The minimum atomic E-state index is -0.486. The molecule has 0 aliphatic carbocycles. The van der Waals surface area contributed by atoms with Crippen LogP contribution in [-0.2, 0) is 33.6 Å². The van der Waals surface area contributed by atoms with Crippen LogP contribution in [0.1, 0.15) is 30.5 Å². The molecule has 0 heterocycles. The Morgan fingerprint density at radius 2 is 1.60 bits per heavy atom. The summed E-state index contributed by atoms with van der Waals surface area (Å²) in [4.78, 5) is 24.0. The first-order valence-electron chi connectivity index (χ1n) is 8.37. The van der Waals surface area contributed by atoms with Crippen LogP contribution in [-0.4, -0.2) is 23.6 Å². The molecule has 0 spiro atoms. The van der Waals surface area contributed by atoms with E-state index >= 15 is 0 Å². The first-order valence-corrected chi connectivity index (χ1v) is 8.37. The molecular formula is C20H23NO4. The Kier molecular flexibility index (Phi) is 6.57. The van der Waals surface area contributed by atoms with E-state index in [1.54, 1.807) is 12.1 Å². The highest BCUT2D eigenvalue weighted by Crippen LogP contribution is 2.22. The number of carbonyl (C=O) groups is 2. The molecule has 0 fully saturated rings. The van der Waals surface area contributed by atoms with Crippen LogP contribution in [0, 0.1) is 0 Å². The molecular weight excluding hydrogens is 318 g/mol. The highest BCUT2D eigenvalue weighted by atomic mass is 16.5. The first kappa shape index (κ1) is 18.5. The zero-order valence-electron chi connectivity index (χ0n) is 14.5. The van der Waals surface area contributed by atoms with E-state index in [0.717, 1.165) is 29.7 Å². The molecule has 0 saturated heterocycles. The zero-order chi connectivity index (χ0) is 18.2. The van der Waals surface area contributed by atoms with Gasteiger partial charge in [-0.3, -0.25) is 9.59 Å². The van der Waals surface area contributed by atoms with Gasteiger partial charge < -0.3 is 15.2 Å². The fourth-order valence-corrected chi connectivity index (χ4v) is 2.56. The van der Waals surface area contributed by atoms with Crippen LogP contribution in [0.15, 0.2) is 42.5 Å². The Morgan fingerprint density at radius 3 is 2.16 bits per heavy atom. The monoisotopic (exact) mass is 341 g/mol. The number of hydrogen-bond acceptors (Lipinski definition) is 4. The van der Waals surface area contributed by atoms with E-state index in [1.807, 2.05) is 32.0 Å². The van der Waals surface area contributed by atoms with Gasteiger partial charge in [-0.1, -0.05) is 44.2 Å². The Labute approximate surface area is 147 Å². The molecule has 2 N–H and O–H groups in total. The maximum Gasteiger partial charge on any atom is 0.310 e. The van der Waals surface area contributed by atoms with E-state index in [2.05, 4.69) is 5.32 Å². The van der Waals surface area contributed by atoms with Gasteiger partial charge in [-0.25, -0.2) is 0 Å². The van der Waals surface area contributed by atoms with Crippen LogP contribution in [0.4, 0.5) is 5.69 Å². The van der Waals surface area contributed by atoms with Crippen molar-refractivity contribution in [3.8, 4) is 5.75 Å². The average molecular weight is 341 g/mol. The number of anilines is 1. The van der Waals surface area contributed by atoms with Gasteiger partial charge >= 0.3 is 5.97 Å². The molecule has 0 aliphatic heterocycles. The molecule has 0 saturated carbocycles. The number of aryl methyl sites for hydroxylation is 2. The largest absolute Gasteiger partial charge is 0.508 e. The number of phenolic OH excluding ortho intramolecular Hbond substituents is 1. The van der Waals surface area contributed by atoms with E-state index < -0.39 is 5.97 Å². The fourth-order valence-electron chi connectivity index (χ4n) is 2.56. The van der Waals surface area contributed by atoms with Crippen molar-refractivity contribution < 1.29 is 19.4 Å². The topological polar surface area (TPSA) is 75.6 Å². The molecule has 0 aromatic heterocycles. The Balaban J connectivity index is 1.90. The summed E-state index contributed by atoms with van der Waals surface area (Å²) in [6, 6.07) is 12.2. The van der Waals surface area contributed by atoms with Gasteiger partial charge in [0.2, 0.25) is 0 Å². The van der Waals surface area contributed by atoms with Gasteiger partial charge in [-0.15, -0.1) is 0 Å². The number of esters is 1. The average Bonchev–Trinajstić information content (AvgIpc) is 2.62. The Bertz CT molecular complexity index is 716. The molecule has 0 aliphatic rings. The van der Waals surface area contributed by atoms with Crippen molar-refractivity contribution in [1.82, 2.24) is 0 Å². The van der Waals surface area contributed by atoms with Gasteiger partial charge in [0.15, 0.2) is 6.61 Å². The summed E-state index contributed by atoms with van der Waals surface area (Å²) in [7, 11) is 0. The van der Waals surface area contributed by atoms with Crippen molar-refractivity contribution >= 4 is 17.6 Å². The van der Waals surface area contributed by atoms with Crippen molar-refractivity contribution in [2.24, 2.45) is 0 Å². The van der Waals surface area contributed by atoms with E-state index in [-0.39, 0.29) is 24.7 Å². The van der Waals surface area contributed by atoms with Crippen molar-refractivity contribution in [2.45, 2.75) is 33.1 Å². The lowest BCUT2D eigenvalue weighted by Crippen LogP contribution is -2.23. The molecule has 2 aromatic rings. The third-order valence-electron chi connectivity index (χ3n) is 3.91. The molecule has 5 heteroatoms. The van der Waals surface area contributed by atoms with Crippen LogP contribution < -0.4 is 5.32 Å². The number of para-hydroxylation sites is 1. The molecule has 2 aromatic carbocycles. The predicted octanol–water partition coefficient (Wildman–Crippen LogP) is 3.24. The molecule has 0 radical (unpaired) electrons. The smallest absolute Gasteiger partial charge is 0.310 e. The van der Waals surface area contributed by atoms with E-state index in [9.17, 15) is 14.7 Å². The number of carbonyl (C=O) groups excluding carboxylic acids is 2. The minimum absolute atomic E-state index is 0.0549. The van der Waals surface area contributed by atoms with Gasteiger partial charge in [0.25, 0.3) is 5.91 Å². The highest BCUT2D eigenvalue weighted by molar-refractivity contribution is 5.94. The number of phenols is 1. The number of hydrogen-bond donors (Lipinski definition) is 2. The number of rotatable bonds is 7. The lowest BCUT2D eigenvalue weighted by molar-refractivity contribution is -0.146. The summed E-state index contributed by atoms with van der Waals surface area (Å²) in [5.41, 5.74) is 3.64. The number of aromatic hydroxyl groups is 1. The van der Waals surface area contributed by atoms with E-state index in [1.165, 1.54) is 12.1 Å². The van der Waals surface area contributed by atoms with E-state index in [0.29, 0.717) is 5.56 Å². The molecule has 2 rings (SSSR count). The fraction of sp³-hybridized carbons (Fsp3) is 0.300. The van der Waals surface area contributed by atoms with Crippen molar-refractivity contribution in [2.75, 3.05) is 11.9 Å². The molecule has 25 heavy (non-hydrogen) atoms. The second-order valence-electron chi connectivity index (χ2n) is 5.71. The summed E-state index contributed by atoms with van der Waals surface area (Å²) in [6.07, 6.45) is 1.67. The molecule has 0 bridgehead atoms. The normalized spacial score (nSPS) is 10.3. The molecule has 132 valence electrons. The predicted molar refractivity (Wildman–Crippen MR) is 96.6 cm³/mol. The summed E-state index contributed by atoms with van der Waals surface area (Å²) in [5, 5.41) is 12.1. The molecule has 0 atom stereocenters. The molecule has 0 unspecified atom stereocenters. The number of nitrogens with one attached hydrogen (secondary N) is 1. The summed E-state index contributed by atoms with van der Waals surface area (Å²) in [6.45, 7) is 3.74. The lowest BCUT2D eigenvalue weighted by Gasteiger charge is -2.14. The van der Waals surface area contributed by atoms with Crippen LogP contribution in [0.5, 0.6) is 5.75 Å². The SMILES string of the molecule is CCc1cccc(CC)c1NC(=O)COC(=O)Cc1ccc(O)cc1. The zero-order valence-corrected chi connectivity index (χ0v) is 14.5. The quantitative estimate of drug-likeness (QED) is 0.758. The van der Waals surface area contributed by atoms with Crippen molar-refractivity contribution in [3.05, 3.63) is 59.2 Å². The van der Waals surface area contributed by atoms with Gasteiger partial charge in [0.05, 0.1) is 6.42 Å². The standard InChI is InChI=1S/C20H23NO4/c1-3-15-6-5-7-16(4-2)20(15)21-18(23)13-25-19(24)12-14-8-10-17(22)11-9-14/h5-11,22H,3-4,12-13H2,1-2H3,(H,21,23). The summed E-state index contributed by atoms with van der Waals surface area (Å²) >= 11 is 0. The lowest BCUT2D eigenvalue weighted by atomic mass is 10.0. The molecule has 1 amide bonds. The third kappa shape index (κ3) is 5.35. The maximum atomic E-state index is 12.1. The summed E-state index contributed by atoms with van der Waals surface area (Å²) < 4.78 is 5.04. The van der Waals surface area contributed by atoms with Crippen LogP contribution in [0.2, 0.25) is 0 Å². The van der Waals surface area contributed by atoms with Crippen molar-refractivity contribution in [3.63, 3.8) is 0 Å². The highest BCUT2D eigenvalue weighted by Gasteiger charge is 2.12. The first-order chi connectivity index (χ1) is 12.0. The number of amides is 1. The van der Waals surface area contributed by atoms with Crippen LogP contribution in [0.3, 0.4) is 0 Å². The summed E-state index contributed by atoms with van der Waals surface area (Å²) in [5.74, 6) is -0.701. The van der Waals surface area contributed by atoms with Crippen LogP contribution >= 0.6 is 0 Å². The number of ether oxygens (including phenoxy) is 1. The van der Waals surface area contributed by atoms with Gasteiger partial charge in [0.1, 0.15) is 5.75 Å². The van der Waals surface area contributed by atoms with Crippen LogP contribution in [0.25, 0.3) is 0 Å². The Hall–Kier alpha value is -2.82. The maximum absolute atomic E-state index is 12.1. The Morgan fingerprint density at radius 1 is 1.00 bits per heavy atom. The minimum Gasteiger partial charge on any atom is -0.508 e. The van der Waals surface area contributed by atoms with E-state index in [4.69, 9.17) is 4.74 Å². The van der Waals surface area contributed by atoms with Gasteiger partial charge in [-0.05, 0) is 41.7 Å². The second kappa shape index (κ2) is 8.87. The second-order valence-corrected chi connectivity index (χ2v) is 5.71.